The van der Waals surface area contributed by atoms with Crippen molar-refractivity contribution in [2.24, 2.45) is 5.73 Å². The monoisotopic (exact) mass is 1590 g/mol. The maximum absolute atomic E-state index is 13.8. The van der Waals surface area contributed by atoms with E-state index in [1.165, 1.54) is 173 Å². The van der Waals surface area contributed by atoms with Crippen LogP contribution in [-0.4, -0.2) is 176 Å². The van der Waals surface area contributed by atoms with Gasteiger partial charge in [0.05, 0.1) is 65.6 Å². The van der Waals surface area contributed by atoms with E-state index in [-0.39, 0.29) is 109 Å². The largest absolute Gasteiger partial charge is 0.481 e. The van der Waals surface area contributed by atoms with Crippen molar-refractivity contribution < 1.29 is 48.5 Å². The number of carboxylic acids is 2. The molecule has 3 aromatic carbocycles. The Morgan fingerprint density at radius 3 is 0.955 bits per heavy atom. The fourth-order valence-corrected chi connectivity index (χ4v) is 20.5. The Hall–Kier alpha value is -7.68. The smallest absolute Gasteiger partial charge is 0.360 e. The molecule has 9 aliphatic rings. The lowest BCUT2D eigenvalue weighted by Crippen LogP contribution is -2.50. The molecule has 6 aromatic rings. The maximum atomic E-state index is 13.8. The Balaban J connectivity index is 0.000000169. The number of ether oxygens (including phenoxy) is 2. The molecule has 3 aliphatic carbocycles. The Bertz CT molecular complexity index is 4290. The van der Waals surface area contributed by atoms with Crippen molar-refractivity contribution in [1.82, 2.24) is 54.0 Å². The van der Waals surface area contributed by atoms with Gasteiger partial charge in [-0.2, -0.15) is 0 Å². The van der Waals surface area contributed by atoms with Crippen LogP contribution in [0.15, 0.2) is 87.2 Å². The molecule has 3 unspecified atom stereocenters. The first kappa shape index (κ1) is 86.7. The van der Waals surface area contributed by atoms with E-state index in [1.807, 2.05) is 75.9 Å². The van der Waals surface area contributed by atoms with Crippen LogP contribution in [0.5, 0.6) is 0 Å². The Labute approximate surface area is 669 Å². The Morgan fingerprint density at radius 1 is 0.384 bits per heavy atom. The van der Waals surface area contributed by atoms with E-state index in [2.05, 4.69) is 45.0 Å². The molecule has 15 rings (SSSR count). The van der Waals surface area contributed by atoms with Crippen molar-refractivity contribution in [2.75, 3.05) is 32.8 Å². The molecule has 9 heterocycles. The van der Waals surface area contributed by atoms with E-state index in [1.54, 1.807) is 24.5 Å². The highest BCUT2D eigenvalue weighted by atomic mass is 35.5. The average Bonchev–Trinajstić information content (AvgIpc) is 1.36. The molecule has 9 atom stereocenters. The number of aromatic nitrogens is 6. The minimum absolute atomic E-state index is 0. The van der Waals surface area contributed by atoms with Crippen molar-refractivity contribution in [1.29, 1.82) is 0 Å². The fraction of sp³-hybridized carbons (Fsp3) is 0.647. The zero-order valence-electron chi connectivity index (χ0n) is 65.7. The zero-order chi connectivity index (χ0) is 77.2. The summed E-state index contributed by atoms with van der Waals surface area (Å²) in [6.07, 6.45) is 40.9. The first-order valence-electron chi connectivity index (χ1n) is 41.9. The molecule has 6 N–H and O–H groups in total. The summed E-state index contributed by atoms with van der Waals surface area (Å²) in [5, 5.41) is 23.7. The quantitative estimate of drug-likeness (QED) is 0.0470. The number of carbonyl (C=O) groups is 6. The molecule has 9 fully saturated rings. The topological polar surface area (TPSA) is 326 Å². The first-order valence-corrected chi connectivity index (χ1v) is 41.9. The minimum atomic E-state index is -1.24. The minimum Gasteiger partial charge on any atom is -0.481 e. The van der Waals surface area contributed by atoms with Crippen molar-refractivity contribution in [3.63, 3.8) is 0 Å². The third kappa shape index (κ3) is 21.1. The highest BCUT2D eigenvalue weighted by molar-refractivity contribution is 5.95. The van der Waals surface area contributed by atoms with Crippen molar-refractivity contribution in [3.8, 4) is 0 Å². The Morgan fingerprint density at radius 2 is 0.661 bits per heavy atom. The number of nitrogens with two attached hydrogens (primary N) is 1. The SMILES string of the molecule is CCOC(=O)CCN.CCOC(=O)CCNC(=O)c1nc2ccccc2n(C2C[C@H]3CC[C@@H](C2)N3C2CCCCCCC2)c1=O.Cl.Cl.O=C(O)CCNC(=O)c1nc2ccccc2n(C2C[C@H]3CC[C@@H](C2)N3C2CCCCCCC2)c1=O.O=C(O)c1nc2ccccc2n(C2C[C@H]3CC[C@@H](C2)N3C2CCCCCCC2)c1=O. The van der Waals surface area contributed by atoms with Crippen LogP contribution in [0.3, 0.4) is 0 Å². The number of nitrogens with one attached hydrogen (secondary N) is 2. The first-order chi connectivity index (χ1) is 53.5. The lowest BCUT2D eigenvalue weighted by Gasteiger charge is -2.45. The van der Waals surface area contributed by atoms with Crippen LogP contribution in [0.1, 0.15) is 295 Å². The summed E-state index contributed by atoms with van der Waals surface area (Å²) >= 11 is 0. The maximum Gasteiger partial charge on any atom is 0.360 e. The standard InChI is InChI=1S/C29H40N4O4.C27H36N4O4.C24H31N3O3.C5H11NO2.2ClH/c1-2-37-26(34)16-17-30-28(35)27-29(36)33(25-13-9-8-12-24(25)31-27)23-18-21-14-15-22(19-23)32(21)20-10-6-4-3-5-7-11-20;32-24(33)14-15-28-26(34)25-27(35)31(23-11-7-6-10-22(23)29-25)21-16-19-12-13-20(17-21)30(19)18-8-4-2-1-3-5-9-18;28-23-22(24(29)30)25-20-10-6-7-11-21(20)27(23)19-14-17-12-13-18(15-19)26(17)16-8-4-2-1-3-5-9-16;1-2-8-5(7)3-4-6;;/h8-9,12-13,20-23H,2-7,10-11,14-19H2,1H3,(H,30,35);6-7,10-11,18-21H,1-5,8-9,12-17H2,(H,28,34)(H,32,33);6-7,10-11,16-19H,1-5,8-9,12-15H2,(H,29,30);2-4,6H2,1H3;2*1H/t21-,22+,23?;19-,20+,21?;17-,18+,19?;;;. The summed E-state index contributed by atoms with van der Waals surface area (Å²) in [6, 6.07) is 27.7. The van der Waals surface area contributed by atoms with Gasteiger partial charge in [0.2, 0.25) is 5.69 Å². The molecule has 3 aromatic heterocycles. The molecule has 0 radical (unpaired) electrons. The second-order valence-corrected chi connectivity index (χ2v) is 32.1. The van der Waals surface area contributed by atoms with Crippen LogP contribution in [0.25, 0.3) is 33.1 Å². The summed E-state index contributed by atoms with van der Waals surface area (Å²) in [7, 11) is 0. The second kappa shape index (κ2) is 42.1. The average molecular weight is 1590 g/mol. The van der Waals surface area contributed by atoms with Crippen molar-refractivity contribution >= 4 is 93.6 Å². The number of hydrogen-bond acceptors (Lipinski definition) is 18. The van der Waals surface area contributed by atoms with Crippen LogP contribution in [0.4, 0.5) is 0 Å². The molecule has 6 bridgehead atoms. The van der Waals surface area contributed by atoms with Gasteiger partial charge < -0.3 is 49.8 Å². The van der Waals surface area contributed by atoms with Gasteiger partial charge in [-0.25, -0.2) is 19.7 Å². The van der Waals surface area contributed by atoms with Gasteiger partial charge in [-0.15, -0.1) is 24.8 Å². The van der Waals surface area contributed by atoms with E-state index in [0.29, 0.717) is 97.1 Å². The van der Waals surface area contributed by atoms with E-state index in [9.17, 15) is 48.3 Å². The number of rotatable bonds is 19. The molecular weight excluding hydrogens is 1470 g/mol. The van der Waals surface area contributed by atoms with Crippen LogP contribution in [0.2, 0.25) is 0 Å². The third-order valence-corrected chi connectivity index (χ3v) is 25.1. The number of carbonyl (C=O) groups excluding carboxylic acids is 4. The molecule has 25 nitrogen and oxygen atoms in total. The van der Waals surface area contributed by atoms with Gasteiger partial charge >= 0.3 is 23.9 Å². The van der Waals surface area contributed by atoms with Crippen molar-refractivity contribution in [2.45, 2.75) is 317 Å². The molecule has 0 spiro atoms. The number of fused-ring (bicyclic) bond motifs is 9. The molecule has 3 saturated carbocycles. The molecule has 6 aliphatic heterocycles. The number of nitrogens with zero attached hydrogens (tertiary/aromatic N) is 9. The van der Waals surface area contributed by atoms with Crippen LogP contribution in [0, 0.1) is 0 Å². The van der Waals surface area contributed by atoms with E-state index in [4.69, 9.17) is 15.6 Å². The molecule has 2 amide bonds. The lowest BCUT2D eigenvalue weighted by atomic mass is 9.89. The third-order valence-electron chi connectivity index (χ3n) is 25.1. The lowest BCUT2D eigenvalue weighted by molar-refractivity contribution is -0.143. The number of halogens is 2. The predicted octanol–water partition coefficient (Wildman–Crippen LogP) is 13.4. The molecule has 27 heteroatoms. The van der Waals surface area contributed by atoms with Crippen molar-refractivity contribution in [3.05, 3.63) is 121 Å². The highest BCUT2D eigenvalue weighted by Gasteiger charge is 2.48. The zero-order valence-corrected chi connectivity index (χ0v) is 67.3. The van der Waals surface area contributed by atoms with Gasteiger partial charge in [0.15, 0.2) is 11.4 Å². The molecule has 6 saturated heterocycles. The summed E-state index contributed by atoms with van der Waals surface area (Å²) in [4.78, 5) is 132. The van der Waals surface area contributed by atoms with Crippen LogP contribution in [-0.2, 0) is 23.9 Å². The summed E-state index contributed by atoms with van der Waals surface area (Å²) < 4.78 is 14.9. The number of amides is 2. The van der Waals surface area contributed by atoms with Gasteiger partial charge in [0.1, 0.15) is 0 Å². The molecule has 112 heavy (non-hydrogen) atoms. The number of aliphatic carboxylic acids is 1. The number of benzene rings is 3. The van der Waals surface area contributed by atoms with Gasteiger partial charge in [-0.3, -0.25) is 53.1 Å². The van der Waals surface area contributed by atoms with E-state index >= 15 is 0 Å². The van der Waals surface area contributed by atoms with Gasteiger partial charge in [-0.05, 0) is 166 Å². The van der Waals surface area contributed by atoms with Gasteiger partial charge in [0.25, 0.3) is 28.5 Å². The Kier molecular flexibility index (Phi) is 32.6. The number of esters is 2. The molecule has 612 valence electrons. The predicted molar refractivity (Wildman–Crippen MR) is 437 cm³/mol. The van der Waals surface area contributed by atoms with Gasteiger partial charge in [0, 0.05) is 92.1 Å². The normalized spacial score (nSPS) is 24.5. The number of hydrogen-bond donors (Lipinski definition) is 5. The van der Waals surface area contributed by atoms with Crippen LogP contribution < -0.4 is 33.0 Å². The van der Waals surface area contributed by atoms with E-state index < -0.39 is 29.3 Å². The number of piperidine rings is 3. The molecular formula is C85H120Cl2N12O13. The summed E-state index contributed by atoms with van der Waals surface area (Å²) in [5.41, 5.74) is 7.45. The van der Waals surface area contributed by atoms with E-state index in [0.717, 1.165) is 55.1 Å². The summed E-state index contributed by atoms with van der Waals surface area (Å²) in [6.45, 7) is 4.70. The number of para-hydroxylation sites is 6. The second-order valence-electron chi connectivity index (χ2n) is 32.1. The van der Waals surface area contributed by atoms with Crippen LogP contribution >= 0.6 is 24.8 Å². The number of carboxylic acid groups (broad SMARTS) is 2. The highest BCUT2D eigenvalue weighted by Crippen LogP contribution is 2.48. The summed E-state index contributed by atoms with van der Waals surface area (Å²) in [5.74, 6) is -3.97. The van der Waals surface area contributed by atoms with Gasteiger partial charge in [-0.1, -0.05) is 133 Å². The fourth-order valence-electron chi connectivity index (χ4n) is 20.5. The number of aromatic carboxylic acids is 1.